The fraction of sp³-hybridized carbons (Fsp3) is 0.500. The van der Waals surface area contributed by atoms with Crippen LogP contribution in [-0.2, 0) is 4.79 Å². The summed E-state index contributed by atoms with van der Waals surface area (Å²) in [5, 5.41) is 0. The fourth-order valence-electron chi connectivity index (χ4n) is 1.62. The van der Waals surface area contributed by atoms with E-state index in [2.05, 4.69) is 11.9 Å². The van der Waals surface area contributed by atoms with Crippen LogP contribution in [-0.4, -0.2) is 17.4 Å². The number of amides is 1. The largest absolute Gasteiger partial charge is 0.297 e. The van der Waals surface area contributed by atoms with Gasteiger partial charge in [-0.1, -0.05) is 13.3 Å². The molecular formula is C12H17FN2O. The zero-order chi connectivity index (χ0) is 12.1. The first-order valence-corrected chi connectivity index (χ1v) is 5.47. The van der Waals surface area contributed by atoms with Gasteiger partial charge in [0.15, 0.2) is 0 Å². The molecule has 16 heavy (non-hydrogen) atoms. The maximum Gasteiger partial charge on any atom is 0.215 e. The number of nitrogens with zero attached hydrogens (tertiary/aromatic N) is 2. The van der Waals surface area contributed by atoms with Crippen LogP contribution in [0.2, 0.25) is 0 Å². The molecule has 0 spiro atoms. The number of carbonyl (C=O) groups is 1. The molecular weight excluding hydrogens is 207 g/mol. The molecule has 0 saturated heterocycles. The number of aromatic nitrogens is 1. The minimum atomic E-state index is -0.349. The predicted molar refractivity (Wildman–Crippen MR) is 61.8 cm³/mol. The Kier molecular flexibility index (Phi) is 4.40. The molecule has 0 aliphatic rings. The molecule has 1 amide bonds. The molecule has 1 atom stereocenters. The number of anilines is 1. The lowest BCUT2D eigenvalue weighted by molar-refractivity contribution is -0.107. The minimum Gasteiger partial charge on any atom is -0.297 e. The summed E-state index contributed by atoms with van der Waals surface area (Å²) in [7, 11) is 0. The Balaban J connectivity index is 2.94. The zero-order valence-corrected chi connectivity index (χ0v) is 9.90. The van der Waals surface area contributed by atoms with Crippen molar-refractivity contribution in [2.45, 2.75) is 39.7 Å². The second kappa shape index (κ2) is 5.58. The molecule has 0 aromatic carbocycles. The summed E-state index contributed by atoms with van der Waals surface area (Å²) in [6.07, 6.45) is 2.64. The Labute approximate surface area is 95.3 Å². The Hall–Kier alpha value is -1.45. The van der Waals surface area contributed by atoms with E-state index in [1.54, 1.807) is 6.92 Å². The molecule has 0 aliphatic heterocycles. The molecule has 0 bridgehead atoms. The first-order valence-electron chi connectivity index (χ1n) is 5.47. The zero-order valence-electron chi connectivity index (χ0n) is 9.90. The SMILES string of the molecule is CCCC(C)N(C=O)c1ccc(F)c(C)n1. The smallest absolute Gasteiger partial charge is 0.215 e. The van der Waals surface area contributed by atoms with Gasteiger partial charge in [0.25, 0.3) is 0 Å². The molecule has 3 nitrogen and oxygen atoms in total. The van der Waals surface area contributed by atoms with Crippen molar-refractivity contribution in [1.29, 1.82) is 0 Å². The summed E-state index contributed by atoms with van der Waals surface area (Å²) in [5.74, 6) is 0.160. The lowest BCUT2D eigenvalue weighted by Gasteiger charge is -2.24. The number of carbonyl (C=O) groups excluding carboxylic acids is 1. The van der Waals surface area contributed by atoms with E-state index in [9.17, 15) is 9.18 Å². The maximum atomic E-state index is 13.0. The highest BCUT2D eigenvalue weighted by molar-refractivity contribution is 5.73. The highest BCUT2D eigenvalue weighted by Crippen LogP contribution is 2.17. The highest BCUT2D eigenvalue weighted by Gasteiger charge is 2.15. The molecule has 0 N–H and O–H groups in total. The second-order valence-electron chi connectivity index (χ2n) is 3.89. The Morgan fingerprint density at radius 3 is 2.75 bits per heavy atom. The van der Waals surface area contributed by atoms with E-state index >= 15 is 0 Å². The van der Waals surface area contributed by atoms with Crippen molar-refractivity contribution in [1.82, 2.24) is 4.98 Å². The first kappa shape index (κ1) is 12.6. The number of aryl methyl sites for hydroxylation is 1. The summed E-state index contributed by atoms with van der Waals surface area (Å²) in [5.41, 5.74) is 0.313. The molecule has 1 aromatic rings. The van der Waals surface area contributed by atoms with Crippen molar-refractivity contribution in [3.63, 3.8) is 0 Å². The van der Waals surface area contributed by atoms with Crippen LogP contribution in [0.3, 0.4) is 0 Å². The van der Waals surface area contributed by atoms with Crippen molar-refractivity contribution in [2.24, 2.45) is 0 Å². The number of pyridine rings is 1. The van der Waals surface area contributed by atoms with Crippen molar-refractivity contribution >= 4 is 12.2 Å². The molecule has 1 rings (SSSR count). The van der Waals surface area contributed by atoms with Crippen LogP contribution in [0.1, 0.15) is 32.4 Å². The van der Waals surface area contributed by atoms with Gasteiger partial charge in [-0.25, -0.2) is 9.37 Å². The van der Waals surface area contributed by atoms with E-state index in [4.69, 9.17) is 0 Å². The number of hydrogen-bond acceptors (Lipinski definition) is 2. The number of halogens is 1. The molecule has 88 valence electrons. The second-order valence-corrected chi connectivity index (χ2v) is 3.89. The quantitative estimate of drug-likeness (QED) is 0.720. The Bertz CT molecular complexity index is 368. The van der Waals surface area contributed by atoms with Crippen LogP contribution in [0, 0.1) is 12.7 Å². The highest BCUT2D eigenvalue weighted by atomic mass is 19.1. The van der Waals surface area contributed by atoms with Crippen LogP contribution in [0.15, 0.2) is 12.1 Å². The van der Waals surface area contributed by atoms with Gasteiger partial charge in [-0.2, -0.15) is 0 Å². The minimum absolute atomic E-state index is 0.0832. The van der Waals surface area contributed by atoms with E-state index in [1.807, 2.05) is 6.92 Å². The van der Waals surface area contributed by atoms with Crippen molar-refractivity contribution in [2.75, 3.05) is 4.90 Å². The van der Waals surface area contributed by atoms with E-state index in [0.717, 1.165) is 19.3 Å². The van der Waals surface area contributed by atoms with Crippen LogP contribution in [0.5, 0.6) is 0 Å². The fourth-order valence-corrected chi connectivity index (χ4v) is 1.62. The molecule has 1 unspecified atom stereocenters. The molecule has 0 saturated carbocycles. The predicted octanol–water partition coefficient (Wildman–Crippen LogP) is 2.68. The normalized spacial score (nSPS) is 12.2. The molecule has 0 fully saturated rings. The van der Waals surface area contributed by atoms with Gasteiger partial charge in [-0.3, -0.25) is 9.69 Å². The van der Waals surface area contributed by atoms with E-state index in [0.29, 0.717) is 11.5 Å². The van der Waals surface area contributed by atoms with Crippen LogP contribution >= 0.6 is 0 Å². The van der Waals surface area contributed by atoms with Gasteiger partial charge in [0, 0.05) is 6.04 Å². The molecule has 0 radical (unpaired) electrons. The van der Waals surface area contributed by atoms with Gasteiger partial charge in [0.1, 0.15) is 11.6 Å². The summed E-state index contributed by atoms with van der Waals surface area (Å²) in [6.45, 7) is 5.60. The van der Waals surface area contributed by atoms with Crippen molar-refractivity contribution < 1.29 is 9.18 Å². The lowest BCUT2D eigenvalue weighted by Crippen LogP contribution is -2.32. The topological polar surface area (TPSA) is 33.2 Å². The van der Waals surface area contributed by atoms with Crippen molar-refractivity contribution in [3.8, 4) is 0 Å². The monoisotopic (exact) mass is 224 g/mol. The van der Waals surface area contributed by atoms with Gasteiger partial charge in [-0.15, -0.1) is 0 Å². The average Bonchev–Trinajstić information content (AvgIpc) is 2.25. The Morgan fingerprint density at radius 1 is 1.56 bits per heavy atom. The summed E-state index contributed by atoms with van der Waals surface area (Å²) in [4.78, 5) is 16.6. The van der Waals surface area contributed by atoms with Gasteiger partial charge in [-0.05, 0) is 32.4 Å². The van der Waals surface area contributed by atoms with Gasteiger partial charge in [0.05, 0.1) is 5.69 Å². The van der Waals surface area contributed by atoms with E-state index < -0.39 is 0 Å². The number of hydrogen-bond donors (Lipinski definition) is 0. The summed E-state index contributed by atoms with van der Waals surface area (Å²) in [6, 6.07) is 2.95. The molecule has 0 aliphatic carbocycles. The standard InChI is InChI=1S/C12H17FN2O/c1-4-5-9(2)15(8-16)12-7-6-11(13)10(3)14-12/h6-9H,4-5H2,1-3H3. The molecule has 4 heteroatoms. The molecule has 1 aromatic heterocycles. The van der Waals surface area contributed by atoms with Gasteiger partial charge in [0.2, 0.25) is 6.41 Å². The number of rotatable bonds is 5. The first-order chi connectivity index (χ1) is 7.60. The average molecular weight is 224 g/mol. The van der Waals surface area contributed by atoms with E-state index in [-0.39, 0.29) is 11.9 Å². The summed E-state index contributed by atoms with van der Waals surface area (Å²) >= 11 is 0. The lowest BCUT2D eigenvalue weighted by atomic mass is 10.2. The summed E-state index contributed by atoms with van der Waals surface area (Å²) < 4.78 is 13.0. The van der Waals surface area contributed by atoms with Crippen molar-refractivity contribution in [3.05, 3.63) is 23.6 Å². The third-order valence-corrected chi connectivity index (χ3v) is 2.57. The van der Waals surface area contributed by atoms with E-state index in [1.165, 1.54) is 17.0 Å². The maximum absolute atomic E-state index is 13.0. The van der Waals surface area contributed by atoms with Crippen LogP contribution < -0.4 is 4.90 Å². The van der Waals surface area contributed by atoms with Crippen LogP contribution in [0.25, 0.3) is 0 Å². The third-order valence-electron chi connectivity index (χ3n) is 2.57. The molecule has 1 heterocycles. The van der Waals surface area contributed by atoms with Gasteiger partial charge < -0.3 is 0 Å². The van der Waals surface area contributed by atoms with Crippen LogP contribution in [0.4, 0.5) is 10.2 Å². The van der Waals surface area contributed by atoms with Gasteiger partial charge >= 0.3 is 0 Å². The Morgan fingerprint density at radius 2 is 2.25 bits per heavy atom. The third kappa shape index (κ3) is 2.78.